The number of hydrogen-bond acceptors (Lipinski definition) is 4. The number of rotatable bonds is 7. The molecule has 0 radical (unpaired) electrons. The summed E-state index contributed by atoms with van der Waals surface area (Å²) in [6, 6.07) is 2.15. The number of nitrogens with zero attached hydrogens (tertiary/aromatic N) is 1. The molecule has 1 saturated carbocycles. The highest BCUT2D eigenvalue weighted by Gasteiger charge is 2.35. The van der Waals surface area contributed by atoms with Crippen molar-refractivity contribution in [3.63, 3.8) is 0 Å². The van der Waals surface area contributed by atoms with Gasteiger partial charge in [0.2, 0.25) is 0 Å². The molecule has 18 heavy (non-hydrogen) atoms. The molecule has 1 heterocycles. The molecule has 0 atom stereocenters. The van der Waals surface area contributed by atoms with Gasteiger partial charge in [-0.1, -0.05) is 13.3 Å². The molecule has 1 aliphatic rings. The monoisotopic (exact) mass is 265 g/mol. The maximum atomic E-state index is 4.28. The Hall–Kier alpha value is -0.900. The average molecular weight is 265 g/mol. The van der Waals surface area contributed by atoms with E-state index in [1.54, 1.807) is 0 Å². The SMILES string of the molecule is CCCNc1cncc(NCC2(SC)CCC2)c1. The van der Waals surface area contributed by atoms with Gasteiger partial charge in [0.1, 0.15) is 0 Å². The topological polar surface area (TPSA) is 37.0 Å². The molecule has 0 amide bonds. The van der Waals surface area contributed by atoms with Crippen molar-refractivity contribution < 1.29 is 0 Å². The fourth-order valence-corrected chi connectivity index (χ4v) is 3.10. The highest BCUT2D eigenvalue weighted by molar-refractivity contribution is 8.00. The quantitative estimate of drug-likeness (QED) is 0.790. The highest BCUT2D eigenvalue weighted by atomic mass is 32.2. The Morgan fingerprint density at radius 3 is 2.56 bits per heavy atom. The van der Waals surface area contributed by atoms with Crippen molar-refractivity contribution in [1.29, 1.82) is 0 Å². The van der Waals surface area contributed by atoms with Gasteiger partial charge in [-0.3, -0.25) is 4.98 Å². The van der Waals surface area contributed by atoms with E-state index in [9.17, 15) is 0 Å². The first-order valence-electron chi connectivity index (χ1n) is 6.76. The Balaban J connectivity index is 1.88. The molecule has 0 bridgehead atoms. The maximum absolute atomic E-state index is 4.28. The summed E-state index contributed by atoms with van der Waals surface area (Å²) in [4.78, 5) is 4.28. The van der Waals surface area contributed by atoms with Crippen LogP contribution in [0.15, 0.2) is 18.5 Å². The summed E-state index contributed by atoms with van der Waals surface area (Å²) < 4.78 is 0.465. The van der Waals surface area contributed by atoms with E-state index in [0.717, 1.165) is 30.9 Å². The molecule has 0 spiro atoms. The second-order valence-electron chi connectivity index (χ2n) is 4.98. The van der Waals surface area contributed by atoms with Crippen LogP contribution >= 0.6 is 11.8 Å². The number of thioether (sulfide) groups is 1. The van der Waals surface area contributed by atoms with Crippen molar-refractivity contribution in [2.75, 3.05) is 30.0 Å². The molecule has 0 aromatic carbocycles. The van der Waals surface area contributed by atoms with Crippen LogP contribution in [0, 0.1) is 0 Å². The van der Waals surface area contributed by atoms with Gasteiger partial charge in [-0.15, -0.1) is 0 Å². The van der Waals surface area contributed by atoms with Gasteiger partial charge in [0.05, 0.1) is 23.8 Å². The molecule has 2 N–H and O–H groups in total. The summed E-state index contributed by atoms with van der Waals surface area (Å²) in [5.74, 6) is 0. The van der Waals surface area contributed by atoms with Crippen LogP contribution in [0.5, 0.6) is 0 Å². The van der Waals surface area contributed by atoms with Crippen LogP contribution in [0.3, 0.4) is 0 Å². The first kappa shape index (κ1) is 13.5. The molecular formula is C14H23N3S. The third kappa shape index (κ3) is 3.31. The van der Waals surface area contributed by atoms with Crippen molar-refractivity contribution in [2.24, 2.45) is 0 Å². The van der Waals surface area contributed by atoms with E-state index in [1.165, 1.54) is 19.3 Å². The largest absolute Gasteiger partial charge is 0.384 e. The number of anilines is 2. The second-order valence-corrected chi connectivity index (χ2v) is 6.26. The third-order valence-electron chi connectivity index (χ3n) is 3.63. The molecule has 2 rings (SSSR count). The molecule has 3 nitrogen and oxygen atoms in total. The van der Waals surface area contributed by atoms with Crippen LogP contribution in [0.4, 0.5) is 11.4 Å². The van der Waals surface area contributed by atoms with Crippen molar-refractivity contribution >= 4 is 23.1 Å². The van der Waals surface area contributed by atoms with Gasteiger partial charge in [-0.2, -0.15) is 11.8 Å². The Morgan fingerprint density at radius 2 is 2.00 bits per heavy atom. The first-order chi connectivity index (χ1) is 8.78. The second kappa shape index (κ2) is 6.32. The first-order valence-corrected chi connectivity index (χ1v) is 7.98. The lowest BCUT2D eigenvalue weighted by Gasteiger charge is -2.40. The molecular weight excluding hydrogens is 242 g/mol. The van der Waals surface area contributed by atoms with Crippen LogP contribution in [0.25, 0.3) is 0 Å². The van der Waals surface area contributed by atoms with E-state index in [-0.39, 0.29) is 0 Å². The maximum Gasteiger partial charge on any atom is 0.0547 e. The number of hydrogen-bond donors (Lipinski definition) is 2. The predicted molar refractivity (Wildman–Crippen MR) is 81.6 cm³/mol. The third-order valence-corrected chi connectivity index (χ3v) is 5.05. The number of pyridine rings is 1. The summed E-state index contributed by atoms with van der Waals surface area (Å²) in [6.07, 6.45) is 11.2. The van der Waals surface area contributed by atoms with E-state index < -0.39 is 0 Å². The van der Waals surface area contributed by atoms with Crippen LogP contribution in [-0.4, -0.2) is 29.1 Å². The van der Waals surface area contributed by atoms with E-state index >= 15 is 0 Å². The predicted octanol–water partition coefficient (Wildman–Crippen LogP) is 3.60. The smallest absolute Gasteiger partial charge is 0.0547 e. The lowest BCUT2D eigenvalue weighted by atomic mass is 9.84. The molecule has 1 aromatic rings. The van der Waals surface area contributed by atoms with E-state index in [4.69, 9.17) is 0 Å². The normalized spacial score (nSPS) is 17.0. The molecule has 0 saturated heterocycles. The van der Waals surface area contributed by atoms with Gasteiger partial charge >= 0.3 is 0 Å². The number of nitrogens with one attached hydrogen (secondary N) is 2. The minimum atomic E-state index is 0.465. The lowest BCUT2D eigenvalue weighted by molar-refractivity contribution is 0.380. The fraction of sp³-hybridized carbons (Fsp3) is 0.643. The molecule has 4 heteroatoms. The minimum absolute atomic E-state index is 0.465. The zero-order valence-electron chi connectivity index (χ0n) is 11.3. The van der Waals surface area contributed by atoms with Crippen molar-refractivity contribution in [3.05, 3.63) is 18.5 Å². The van der Waals surface area contributed by atoms with Gasteiger partial charge in [0, 0.05) is 17.8 Å². The zero-order chi connectivity index (χ0) is 12.8. The Kier molecular flexibility index (Phi) is 4.75. The summed E-state index contributed by atoms with van der Waals surface area (Å²) in [5, 5.41) is 6.90. The molecule has 100 valence electrons. The van der Waals surface area contributed by atoms with Crippen molar-refractivity contribution in [3.8, 4) is 0 Å². The Labute approximate surface area is 114 Å². The van der Waals surface area contributed by atoms with Gasteiger partial charge in [0.15, 0.2) is 0 Å². The van der Waals surface area contributed by atoms with Gasteiger partial charge in [0.25, 0.3) is 0 Å². The average Bonchev–Trinajstić information content (AvgIpc) is 2.36. The highest BCUT2D eigenvalue weighted by Crippen LogP contribution is 2.42. The minimum Gasteiger partial charge on any atom is -0.384 e. The summed E-state index contributed by atoms with van der Waals surface area (Å²) in [6.45, 7) is 4.22. The summed E-state index contributed by atoms with van der Waals surface area (Å²) in [7, 11) is 0. The van der Waals surface area contributed by atoms with E-state index in [2.05, 4.69) is 34.9 Å². The van der Waals surface area contributed by atoms with Crippen LogP contribution < -0.4 is 10.6 Å². The van der Waals surface area contributed by atoms with Gasteiger partial charge < -0.3 is 10.6 Å². The van der Waals surface area contributed by atoms with Crippen LogP contribution in [-0.2, 0) is 0 Å². The van der Waals surface area contributed by atoms with Gasteiger partial charge in [-0.05, 0) is 31.6 Å². The van der Waals surface area contributed by atoms with Crippen LogP contribution in [0.1, 0.15) is 32.6 Å². The number of aromatic nitrogens is 1. The van der Waals surface area contributed by atoms with Crippen LogP contribution in [0.2, 0.25) is 0 Å². The fourth-order valence-electron chi connectivity index (χ4n) is 2.19. The molecule has 1 aliphatic carbocycles. The van der Waals surface area contributed by atoms with Crippen molar-refractivity contribution in [2.45, 2.75) is 37.4 Å². The molecule has 0 unspecified atom stereocenters. The Bertz CT molecular complexity index is 372. The molecule has 1 aromatic heterocycles. The summed E-state index contributed by atoms with van der Waals surface area (Å²) in [5.41, 5.74) is 2.23. The zero-order valence-corrected chi connectivity index (χ0v) is 12.1. The van der Waals surface area contributed by atoms with E-state index in [1.807, 2.05) is 24.2 Å². The summed E-state index contributed by atoms with van der Waals surface area (Å²) >= 11 is 2.00. The molecule has 1 fully saturated rings. The van der Waals surface area contributed by atoms with Crippen molar-refractivity contribution in [1.82, 2.24) is 4.98 Å². The van der Waals surface area contributed by atoms with Gasteiger partial charge in [-0.25, -0.2) is 0 Å². The standard InChI is InChI=1S/C14H23N3S/c1-3-7-16-12-8-13(10-15-9-12)17-11-14(18-2)5-4-6-14/h8-10,16-17H,3-7,11H2,1-2H3. The van der Waals surface area contributed by atoms with E-state index in [0.29, 0.717) is 4.75 Å². The molecule has 0 aliphatic heterocycles. The lowest BCUT2D eigenvalue weighted by Crippen LogP contribution is -2.40. The Morgan fingerprint density at radius 1 is 1.28 bits per heavy atom.